The van der Waals surface area contributed by atoms with Gasteiger partial charge in [-0.3, -0.25) is 9.78 Å². The predicted octanol–water partition coefficient (Wildman–Crippen LogP) is 0.812. The Kier molecular flexibility index (Phi) is 3.59. The van der Waals surface area contributed by atoms with Crippen molar-refractivity contribution >= 4 is 17.7 Å². The summed E-state index contributed by atoms with van der Waals surface area (Å²) in [4.78, 5) is 19.1. The lowest BCUT2D eigenvalue weighted by Gasteiger charge is -2.18. The number of aliphatic imine (C=N–C) groups is 1. The van der Waals surface area contributed by atoms with Gasteiger partial charge in [0.2, 0.25) is 0 Å². The monoisotopic (exact) mass is 245 g/mol. The van der Waals surface area contributed by atoms with E-state index in [2.05, 4.69) is 15.1 Å². The third kappa shape index (κ3) is 2.18. The number of carbonyl (C=O) groups excluding carboxylic acids is 1. The summed E-state index contributed by atoms with van der Waals surface area (Å²) in [6.07, 6.45) is 3.07. The number of nitrogens with zero attached hydrogens (tertiary/aromatic N) is 3. The van der Waals surface area contributed by atoms with Crippen molar-refractivity contribution in [3.63, 3.8) is 0 Å². The van der Waals surface area contributed by atoms with Gasteiger partial charge in [0.1, 0.15) is 23.2 Å². The SMILES string of the molecule is COC1C=C(C=O)N=C(c2ccccn2)/C1=N\O. The van der Waals surface area contributed by atoms with Gasteiger partial charge in [-0.1, -0.05) is 11.2 Å². The third-order valence-electron chi connectivity index (χ3n) is 2.47. The number of hydrogen-bond donors (Lipinski definition) is 1. The van der Waals surface area contributed by atoms with E-state index in [1.54, 1.807) is 24.4 Å². The number of hydrogen-bond acceptors (Lipinski definition) is 6. The molecule has 0 saturated carbocycles. The maximum absolute atomic E-state index is 10.8. The van der Waals surface area contributed by atoms with Crippen LogP contribution in [0.5, 0.6) is 0 Å². The molecule has 0 aliphatic carbocycles. The molecule has 0 spiro atoms. The average Bonchev–Trinajstić information content (AvgIpc) is 2.46. The number of carbonyl (C=O) groups is 1. The van der Waals surface area contributed by atoms with Crippen LogP contribution in [0.2, 0.25) is 0 Å². The van der Waals surface area contributed by atoms with Gasteiger partial charge in [-0.25, -0.2) is 4.99 Å². The Bertz CT molecular complexity index is 535. The minimum absolute atomic E-state index is 0.218. The highest BCUT2D eigenvalue weighted by Gasteiger charge is 2.26. The van der Waals surface area contributed by atoms with E-state index in [0.29, 0.717) is 17.7 Å². The molecule has 0 saturated heterocycles. The first-order valence-electron chi connectivity index (χ1n) is 5.22. The van der Waals surface area contributed by atoms with Crippen molar-refractivity contribution in [2.24, 2.45) is 10.1 Å². The highest BCUT2D eigenvalue weighted by molar-refractivity contribution is 6.50. The van der Waals surface area contributed by atoms with Gasteiger partial charge in [0.25, 0.3) is 0 Å². The normalized spacial score (nSPS) is 21.4. The molecule has 1 aromatic heterocycles. The summed E-state index contributed by atoms with van der Waals surface area (Å²) < 4.78 is 5.14. The maximum Gasteiger partial charge on any atom is 0.168 e. The van der Waals surface area contributed by atoms with Gasteiger partial charge in [0, 0.05) is 13.3 Å². The van der Waals surface area contributed by atoms with E-state index >= 15 is 0 Å². The van der Waals surface area contributed by atoms with E-state index in [-0.39, 0.29) is 11.4 Å². The zero-order valence-corrected chi connectivity index (χ0v) is 9.65. The van der Waals surface area contributed by atoms with Crippen molar-refractivity contribution in [3.05, 3.63) is 41.9 Å². The van der Waals surface area contributed by atoms with Gasteiger partial charge < -0.3 is 9.94 Å². The zero-order valence-electron chi connectivity index (χ0n) is 9.65. The van der Waals surface area contributed by atoms with E-state index in [1.165, 1.54) is 13.2 Å². The van der Waals surface area contributed by atoms with Gasteiger partial charge in [0.05, 0.1) is 5.69 Å². The number of oxime groups is 1. The Morgan fingerprint density at radius 1 is 1.50 bits per heavy atom. The molecule has 1 aromatic rings. The molecule has 0 bridgehead atoms. The van der Waals surface area contributed by atoms with Crippen LogP contribution in [0.1, 0.15) is 5.69 Å². The van der Waals surface area contributed by atoms with Crippen LogP contribution in [0, 0.1) is 0 Å². The molecule has 6 heteroatoms. The molecule has 0 aromatic carbocycles. The van der Waals surface area contributed by atoms with Crippen molar-refractivity contribution < 1.29 is 14.7 Å². The van der Waals surface area contributed by atoms with E-state index in [4.69, 9.17) is 9.94 Å². The number of methoxy groups -OCH3 is 1. The quantitative estimate of drug-likeness (QED) is 0.485. The second-order valence-corrected chi connectivity index (χ2v) is 3.53. The van der Waals surface area contributed by atoms with Gasteiger partial charge in [0.15, 0.2) is 6.29 Å². The molecule has 1 atom stereocenters. The molecule has 0 radical (unpaired) electrons. The number of aromatic nitrogens is 1. The molecular formula is C12H11N3O3. The molecule has 6 nitrogen and oxygen atoms in total. The van der Waals surface area contributed by atoms with Crippen LogP contribution in [-0.4, -0.2) is 41.1 Å². The van der Waals surface area contributed by atoms with Crippen LogP contribution >= 0.6 is 0 Å². The van der Waals surface area contributed by atoms with Crippen LogP contribution < -0.4 is 0 Å². The molecule has 1 aliphatic rings. The zero-order chi connectivity index (χ0) is 13.0. The Labute approximate surface area is 103 Å². The summed E-state index contributed by atoms with van der Waals surface area (Å²) in [6, 6.07) is 5.25. The summed E-state index contributed by atoms with van der Waals surface area (Å²) in [6.45, 7) is 0. The molecule has 1 N–H and O–H groups in total. The second-order valence-electron chi connectivity index (χ2n) is 3.53. The van der Waals surface area contributed by atoms with Crippen molar-refractivity contribution in [1.82, 2.24) is 4.98 Å². The fourth-order valence-electron chi connectivity index (χ4n) is 1.63. The Hall–Kier alpha value is -2.34. The van der Waals surface area contributed by atoms with Crippen LogP contribution in [0.4, 0.5) is 0 Å². The number of aldehydes is 1. The van der Waals surface area contributed by atoms with Crippen molar-refractivity contribution in [1.29, 1.82) is 0 Å². The first kappa shape index (κ1) is 12.1. The molecule has 2 heterocycles. The molecule has 2 rings (SSSR count). The van der Waals surface area contributed by atoms with Crippen molar-refractivity contribution in [3.8, 4) is 0 Å². The summed E-state index contributed by atoms with van der Waals surface area (Å²) in [5, 5.41) is 12.3. The molecule has 0 amide bonds. The van der Waals surface area contributed by atoms with Crippen molar-refractivity contribution in [2.75, 3.05) is 7.11 Å². The molecule has 92 valence electrons. The molecular weight excluding hydrogens is 234 g/mol. The number of rotatable bonds is 3. The van der Waals surface area contributed by atoms with Crippen molar-refractivity contribution in [2.45, 2.75) is 6.10 Å². The van der Waals surface area contributed by atoms with Gasteiger partial charge in [-0.2, -0.15) is 0 Å². The third-order valence-corrected chi connectivity index (χ3v) is 2.47. The van der Waals surface area contributed by atoms with Crippen LogP contribution in [-0.2, 0) is 9.53 Å². The Balaban J connectivity index is 2.52. The topological polar surface area (TPSA) is 84.1 Å². The first-order chi connectivity index (χ1) is 8.80. The van der Waals surface area contributed by atoms with Crippen LogP contribution in [0.15, 0.2) is 46.3 Å². The fraction of sp³-hybridized carbons (Fsp3) is 0.167. The lowest BCUT2D eigenvalue weighted by atomic mass is 10.0. The standard InChI is InChI=1S/C12H11N3O3/c1-18-10-6-8(7-16)14-11(12(10)15-17)9-4-2-3-5-13-9/h2-7,10,17H,1H3/b15-12-. The largest absolute Gasteiger partial charge is 0.410 e. The fourth-order valence-corrected chi connectivity index (χ4v) is 1.63. The minimum Gasteiger partial charge on any atom is -0.410 e. The van der Waals surface area contributed by atoms with E-state index < -0.39 is 6.10 Å². The summed E-state index contributed by atoms with van der Waals surface area (Å²) in [7, 11) is 1.45. The molecule has 1 unspecified atom stereocenters. The average molecular weight is 245 g/mol. The molecule has 1 aliphatic heterocycles. The minimum atomic E-state index is -0.621. The van der Waals surface area contributed by atoms with Crippen LogP contribution in [0.25, 0.3) is 0 Å². The maximum atomic E-state index is 10.8. The first-order valence-corrected chi connectivity index (χ1v) is 5.22. The number of pyridine rings is 1. The smallest absolute Gasteiger partial charge is 0.168 e. The molecule has 18 heavy (non-hydrogen) atoms. The summed E-state index contributed by atoms with van der Waals surface area (Å²) in [5.41, 5.74) is 1.28. The lowest BCUT2D eigenvalue weighted by Crippen LogP contribution is -2.33. The van der Waals surface area contributed by atoms with E-state index in [1.807, 2.05) is 0 Å². The predicted molar refractivity (Wildman–Crippen MR) is 64.9 cm³/mol. The highest BCUT2D eigenvalue weighted by atomic mass is 16.5. The van der Waals surface area contributed by atoms with Gasteiger partial charge in [-0.15, -0.1) is 0 Å². The Morgan fingerprint density at radius 3 is 2.89 bits per heavy atom. The van der Waals surface area contributed by atoms with Crippen LogP contribution in [0.3, 0.4) is 0 Å². The molecule has 0 fully saturated rings. The number of ether oxygens (including phenoxy) is 1. The number of allylic oxidation sites excluding steroid dienone is 1. The second kappa shape index (κ2) is 5.33. The lowest BCUT2D eigenvalue weighted by molar-refractivity contribution is -0.105. The van der Waals surface area contributed by atoms with E-state index in [9.17, 15) is 4.79 Å². The van der Waals surface area contributed by atoms with E-state index in [0.717, 1.165) is 0 Å². The van der Waals surface area contributed by atoms with Gasteiger partial charge >= 0.3 is 0 Å². The van der Waals surface area contributed by atoms with Gasteiger partial charge in [-0.05, 0) is 18.2 Å². The highest BCUT2D eigenvalue weighted by Crippen LogP contribution is 2.15. The summed E-state index contributed by atoms with van der Waals surface area (Å²) >= 11 is 0. The Morgan fingerprint density at radius 2 is 2.33 bits per heavy atom. The summed E-state index contributed by atoms with van der Waals surface area (Å²) in [5.74, 6) is 0.